The SMILES string of the molecule is CN1CCCC1c1cccnc1.O=[N+]([O-])c1cc([N+](=O)[O-])c(O)c([N+](=O)[O-])c1.O=[N+]([O-])c1cc([N+](=O)[O-])c([O-])c([N+](=O)[O-])c1.O=[N+]([O-])c1cc([N+](=O)[O-])c([O-])c([N+](=O)[O-])c1.[Cu+2]. The summed E-state index contributed by atoms with van der Waals surface area (Å²) < 4.78 is 0. The number of nitro groups is 9. The van der Waals surface area contributed by atoms with Gasteiger partial charge in [0.25, 0.3) is 45.6 Å². The Kier molecular flexibility index (Phi) is 17.9. The molecule has 1 aromatic heterocycles. The van der Waals surface area contributed by atoms with Gasteiger partial charge in [-0.25, -0.2) is 0 Å². The number of aromatic hydroxyl groups is 1. The zero-order valence-corrected chi connectivity index (χ0v) is 30.7. The minimum Gasteiger partial charge on any atom is -0.863 e. The molecule has 325 valence electrons. The molecule has 1 radical (unpaired) electrons. The molecule has 1 atom stereocenters. The molecule has 1 aliphatic heterocycles. The fourth-order valence-electron chi connectivity index (χ4n) is 4.80. The largest absolute Gasteiger partial charge is 2.00 e. The molecule has 1 N–H and O–H groups in total. The molecule has 0 spiro atoms. The van der Waals surface area contributed by atoms with E-state index >= 15 is 0 Å². The Morgan fingerprint density at radius 3 is 1.10 bits per heavy atom. The normalized spacial score (nSPS) is 12.5. The number of phenols is 1. The van der Waals surface area contributed by atoms with Gasteiger partial charge in [0, 0.05) is 18.4 Å². The van der Waals surface area contributed by atoms with E-state index in [1.54, 1.807) is 0 Å². The summed E-state index contributed by atoms with van der Waals surface area (Å²) >= 11 is 0. The van der Waals surface area contributed by atoms with E-state index in [4.69, 9.17) is 5.11 Å². The summed E-state index contributed by atoms with van der Waals surface area (Å²) in [6.07, 6.45) is 6.41. The van der Waals surface area contributed by atoms with E-state index in [0.717, 1.165) is 0 Å². The van der Waals surface area contributed by atoms with Gasteiger partial charge in [0.05, 0.1) is 92.2 Å². The Morgan fingerprint density at radius 2 is 0.869 bits per heavy atom. The maximum atomic E-state index is 11.1. The fraction of sp³-hybridized carbons (Fsp3) is 0.179. The fourth-order valence-corrected chi connectivity index (χ4v) is 4.80. The molecule has 4 aromatic rings. The van der Waals surface area contributed by atoms with Crippen molar-refractivity contribution in [2.24, 2.45) is 0 Å². The smallest absolute Gasteiger partial charge is 0.863 e. The van der Waals surface area contributed by atoms with Gasteiger partial charge in [0.2, 0.25) is 0 Å². The van der Waals surface area contributed by atoms with Crippen LogP contribution in [-0.2, 0) is 17.1 Å². The number of likely N-dealkylation sites (tertiary alicyclic amines) is 1. The van der Waals surface area contributed by atoms with Gasteiger partial charge in [-0.3, -0.25) is 101 Å². The average molecular weight is 911 g/mol. The van der Waals surface area contributed by atoms with Crippen molar-refractivity contribution in [2.75, 3.05) is 13.6 Å². The number of hydrogen-bond acceptors (Lipinski definition) is 23. The molecule has 61 heavy (non-hydrogen) atoms. The summed E-state index contributed by atoms with van der Waals surface area (Å²) in [7, 11) is 2.19. The summed E-state index contributed by atoms with van der Waals surface area (Å²) in [5, 5.41) is 124. The molecular weight excluding hydrogens is 890 g/mol. The van der Waals surface area contributed by atoms with Crippen molar-refractivity contribution in [2.45, 2.75) is 18.9 Å². The zero-order chi connectivity index (χ0) is 45.8. The van der Waals surface area contributed by atoms with Crippen LogP contribution in [0.4, 0.5) is 51.2 Å². The predicted molar refractivity (Wildman–Crippen MR) is 189 cm³/mol. The summed E-state index contributed by atoms with van der Waals surface area (Å²) in [4.78, 5) is 89.3. The van der Waals surface area contributed by atoms with Crippen molar-refractivity contribution in [3.8, 4) is 17.2 Å². The second-order valence-electron chi connectivity index (χ2n) is 11.2. The molecule has 1 unspecified atom stereocenters. The van der Waals surface area contributed by atoms with E-state index in [9.17, 15) is 101 Å². The van der Waals surface area contributed by atoms with Crippen LogP contribution >= 0.6 is 0 Å². The minimum absolute atomic E-state index is 0. The first kappa shape index (κ1) is 50.3. The average Bonchev–Trinajstić information content (AvgIpc) is 3.60. The molecule has 1 saturated heterocycles. The van der Waals surface area contributed by atoms with Crippen LogP contribution in [0.3, 0.4) is 0 Å². The number of phenolic OH excluding ortho intramolecular Hbond substituents is 1. The molecular formula is C28H21CuN11O21. The van der Waals surface area contributed by atoms with Crippen molar-refractivity contribution in [1.82, 2.24) is 9.88 Å². The molecule has 32 nitrogen and oxygen atoms in total. The molecule has 0 bridgehead atoms. The van der Waals surface area contributed by atoms with Crippen molar-refractivity contribution in [3.05, 3.63) is 158 Å². The van der Waals surface area contributed by atoms with Gasteiger partial charge in [0.1, 0.15) is 0 Å². The molecule has 5 rings (SSSR count). The van der Waals surface area contributed by atoms with Crippen molar-refractivity contribution in [3.63, 3.8) is 0 Å². The molecule has 0 aliphatic carbocycles. The second-order valence-corrected chi connectivity index (χ2v) is 11.2. The quantitative estimate of drug-likeness (QED) is 0.134. The van der Waals surface area contributed by atoms with E-state index in [2.05, 4.69) is 23.0 Å². The van der Waals surface area contributed by atoms with Crippen molar-refractivity contribution < 1.29 is 76.7 Å². The maximum absolute atomic E-state index is 11.1. The second kappa shape index (κ2) is 21.7. The first-order chi connectivity index (χ1) is 27.9. The molecule has 2 heterocycles. The van der Waals surface area contributed by atoms with Crippen LogP contribution in [0.1, 0.15) is 24.4 Å². The monoisotopic (exact) mass is 910 g/mol. The van der Waals surface area contributed by atoms with E-state index in [1.807, 2.05) is 18.5 Å². The van der Waals surface area contributed by atoms with Crippen LogP contribution < -0.4 is 10.2 Å². The number of nitrogens with zero attached hydrogens (tertiary/aromatic N) is 11. The number of benzene rings is 3. The Bertz CT molecular complexity index is 2080. The number of rotatable bonds is 10. The summed E-state index contributed by atoms with van der Waals surface area (Å²) in [6.45, 7) is 1.22. The third-order valence-corrected chi connectivity index (χ3v) is 7.53. The van der Waals surface area contributed by atoms with Gasteiger partial charge < -0.3 is 15.3 Å². The van der Waals surface area contributed by atoms with Gasteiger partial charge in [-0.1, -0.05) is 6.07 Å². The third-order valence-electron chi connectivity index (χ3n) is 7.53. The van der Waals surface area contributed by atoms with Gasteiger partial charge in [-0.2, -0.15) is 0 Å². The van der Waals surface area contributed by atoms with Gasteiger partial charge >= 0.3 is 28.4 Å². The van der Waals surface area contributed by atoms with Crippen LogP contribution in [-0.4, -0.2) is 72.9 Å². The summed E-state index contributed by atoms with van der Waals surface area (Å²) in [5.41, 5.74) is -8.17. The van der Waals surface area contributed by atoms with Crippen LogP contribution in [0.25, 0.3) is 0 Å². The number of non-ortho nitro benzene ring substituents is 3. The number of nitro benzene ring substituents is 9. The van der Waals surface area contributed by atoms with E-state index in [0.29, 0.717) is 42.4 Å². The van der Waals surface area contributed by atoms with Gasteiger partial charge in [-0.05, 0) is 38.1 Å². The Morgan fingerprint density at radius 1 is 0.557 bits per heavy atom. The molecule has 33 heteroatoms. The Hall–Kier alpha value is -8.71. The number of aromatic nitrogens is 1. The summed E-state index contributed by atoms with van der Waals surface area (Å²) in [6, 6.07) is 7.22. The minimum atomic E-state index is -1.46. The molecule has 1 aliphatic rings. The first-order valence-corrected chi connectivity index (χ1v) is 15.4. The van der Waals surface area contributed by atoms with E-state index < -0.39 is 113 Å². The van der Waals surface area contributed by atoms with Crippen molar-refractivity contribution in [1.29, 1.82) is 0 Å². The van der Waals surface area contributed by atoms with Gasteiger partial charge in [-0.15, -0.1) is 0 Å². The van der Waals surface area contributed by atoms with E-state index in [1.165, 1.54) is 24.9 Å². The molecule has 0 saturated carbocycles. The zero-order valence-electron chi connectivity index (χ0n) is 29.8. The molecule has 3 aromatic carbocycles. The van der Waals surface area contributed by atoms with Crippen LogP contribution in [0.5, 0.6) is 17.2 Å². The van der Waals surface area contributed by atoms with Crippen LogP contribution in [0.15, 0.2) is 60.9 Å². The van der Waals surface area contributed by atoms with Gasteiger partial charge in [0.15, 0.2) is 0 Å². The maximum Gasteiger partial charge on any atom is 2.00 e. The Balaban J connectivity index is 0.000000406. The summed E-state index contributed by atoms with van der Waals surface area (Å²) in [5.74, 6) is -4.12. The molecule has 1 fully saturated rings. The Labute approximate surface area is 344 Å². The third kappa shape index (κ3) is 13.2. The molecule has 0 amide bonds. The topological polar surface area (TPSA) is 471 Å². The van der Waals surface area contributed by atoms with Crippen LogP contribution in [0, 0.1) is 91.0 Å². The number of hydrogen-bond donors (Lipinski definition) is 1. The number of pyridine rings is 1. The van der Waals surface area contributed by atoms with Crippen LogP contribution in [0.2, 0.25) is 0 Å². The standard InChI is InChI=1S/C10H14N2.3C6H3N3O7.Cu/c1-12-7-3-5-10(12)9-4-2-6-11-8-9;3*10-6-4(8(13)14)1-3(7(11)12)2-5(6)9(15)16;/h2,4,6,8,10H,3,5,7H2,1H3;3*1-2,10H;/q;;;;+2/p-2. The van der Waals surface area contributed by atoms with Crippen molar-refractivity contribution >= 4 is 51.2 Å². The predicted octanol–water partition coefficient (Wildman–Crippen LogP) is 3.93. The van der Waals surface area contributed by atoms with E-state index in [-0.39, 0.29) is 17.1 Å². The first-order valence-electron chi connectivity index (χ1n) is 15.4.